The number of hydrogen-bond acceptors (Lipinski definition) is 4. The van der Waals surface area contributed by atoms with Gasteiger partial charge in [-0.05, 0) is 45.7 Å². The van der Waals surface area contributed by atoms with Crippen LogP contribution in [0.4, 0.5) is 0 Å². The zero-order valence-electron chi connectivity index (χ0n) is 10.5. The number of nitrogens with zero attached hydrogens (tertiary/aromatic N) is 1. The molecule has 0 saturated carbocycles. The molecule has 1 unspecified atom stereocenters. The fourth-order valence-electron chi connectivity index (χ4n) is 2.23. The lowest BCUT2D eigenvalue weighted by Crippen LogP contribution is -2.49. The molecule has 1 aliphatic heterocycles. The molecule has 1 atom stereocenters. The summed E-state index contributed by atoms with van der Waals surface area (Å²) in [6.45, 7) is 7.46. The van der Waals surface area contributed by atoms with Crippen molar-refractivity contribution >= 4 is 5.97 Å². The number of nitrogens with two attached hydrogens (primary N) is 1. The Morgan fingerprint density at radius 3 is 2.75 bits per heavy atom. The van der Waals surface area contributed by atoms with Gasteiger partial charge in [-0.1, -0.05) is 6.92 Å². The predicted octanol–water partition coefficient (Wildman–Crippen LogP) is 1.14. The van der Waals surface area contributed by atoms with Crippen LogP contribution in [-0.2, 0) is 9.53 Å². The summed E-state index contributed by atoms with van der Waals surface area (Å²) < 4.78 is 5.05. The van der Waals surface area contributed by atoms with Gasteiger partial charge in [0.25, 0.3) is 0 Å². The maximum absolute atomic E-state index is 11.8. The summed E-state index contributed by atoms with van der Waals surface area (Å²) in [6.07, 6.45) is 3.59. The standard InChI is InChI=1S/C12H24N2O2/c1-3-8-14-9-5-6-12(13,7-10-14)11(15)16-4-2/h3-10,13H2,1-2H3. The van der Waals surface area contributed by atoms with Crippen molar-refractivity contribution in [1.82, 2.24) is 4.90 Å². The molecule has 4 heteroatoms. The van der Waals surface area contributed by atoms with Gasteiger partial charge in [-0.25, -0.2) is 0 Å². The third kappa shape index (κ3) is 3.46. The van der Waals surface area contributed by atoms with Crippen LogP contribution in [0.1, 0.15) is 39.5 Å². The zero-order valence-corrected chi connectivity index (χ0v) is 10.5. The van der Waals surface area contributed by atoms with E-state index in [2.05, 4.69) is 11.8 Å². The average molecular weight is 228 g/mol. The summed E-state index contributed by atoms with van der Waals surface area (Å²) in [7, 11) is 0. The van der Waals surface area contributed by atoms with E-state index in [1.165, 1.54) is 0 Å². The highest BCUT2D eigenvalue weighted by Crippen LogP contribution is 2.21. The first-order valence-corrected chi connectivity index (χ1v) is 6.31. The molecule has 0 aromatic rings. The molecule has 1 aliphatic rings. The first-order valence-electron chi connectivity index (χ1n) is 6.31. The molecular formula is C12H24N2O2. The summed E-state index contributed by atoms with van der Waals surface area (Å²) in [5.74, 6) is -0.228. The molecule has 1 fully saturated rings. The molecule has 0 bridgehead atoms. The number of likely N-dealkylation sites (tertiary alicyclic amines) is 1. The van der Waals surface area contributed by atoms with Crippen LogP contribution in [0.2, 0.25) is 0 Å². The smallest absolute Gasteiger partial charge is 0.326 e. The van der Waals surface area contributed by atoms with Crippen molar-refractivity contribution in [2.45, 2.75) is 45.1 Å². The Kier molecular flexibility index (Phi) is 5.22. The Morgan fingerprint density at radius 2 is 2.12 bits per heavy atom. The van der Waals surface area contributed by atoms with Crippen LogP contribution in [0.5, 0.6) is 0 Å². The van der Waals surface area contributed by atoms with E-state index in [-0.39, 0.29) is 5.97 Å². The van der Waals surface area contributed by atoms with Gasteiger partial charge in [-0.3, -0.25) is 4.79 Å². The van der Waals surface area contributed by atoms with Gasteiger partial charge in [0.15, 0.2) is 0 Å². The van der Waals surface area contributed by atoms with Crippen molar-refractivity contribution in [2.75, 3.05) is 26.2 Å². The van der Waals surface area contributed by atoms with Gasteiger partial charge in [0.05, 0.1) is 6.61 Å². The maximum Gasteiger partial charge on any atom is 0.326 e. The molecular weight excluding hydrogens is 204 g/mol. The highest BCUT2D eigenvalue weighted by molar-refractivity contribution is 5.80. The average Bonchev–Trinajstić information content (AvgIpc) is 2.43. The van der Waals surface area contributed by atoms with Gasteiger partial charge >= 0.3 is 5.97 Å². The van der Waals surface area contributed by atoms with Crippen LogP contribution in [0.15, 0.2) is 0 Å². The number of carbonyl (C=O) groups is 1. The lowest BCUT2D eigenvalue weighted by atomic mass is 9.92. The molecule has 0 aliphatic carbocycles. The lowest BCUT2D eigenvalue weighted by molar-refractivity contribution is -0.150. The fraction of sp³-hybridized carbons (Fsp3) is 0.917. The minimum atomic E-state index is -0.751. The van der Waals surface area contributed by atoms with E-state index in [1.807, 2.05) is 6.92 Å². The summed E-state index contributed by atoms with van der Waals surface area (Å²) in [4.78, 5) is 14.2. The molecule has 0 radical (unpaired) electrons. The maximum atomic E-state index is 11.8. The van der Waals surface area contributed by atoms with Gasteiger partial charge in [-0.2, -0.15) is 0 Å². The fourth-order valence-corrected chi connectivity index (χ4v) is 2.23. The Labute approximate surface area is 98.1 Å². The molecule has 1 rings (SSSR count). The molecule has 0 spiro atoms. The molecule has 16 heavy (non-hydrogen) atoms. The molecule has 2 N–H and O–H groups in total. The van der Waals surface area contributed by atoms with Gasteiger partial charge in [0, 0.05) is 6.54 Å². The largest absolute Gasteiger partial charge is 0.465 e. The molecule has 4 nitrogen and oxygen atoms in total. The van der Waals surface area contributed by atoms with E-state index in [9.17, 15) is 4.79 Å². The quantitative estimate of drug-likeness (QED) is 0.733. The normalized spacial score (nSPS) is 27.4. The van der Waals surface area contributed by atoms with Crippen LogP contribution < -0.4 is 5.73 Å². The molecule has 0 aromatic heterocycles. The van der Waals surface area contributed by atoms with E-state index in [1.54, 1.807) is 0 Å². The number of carbonyl (C=O) groups excluding carboxylic acids is 1. The van der Waals surface area contributed by atoms with Crippen molar-refractivity contribution in [3.05, 3.63) is 0 Å². The predicted molar refractivity (Wildman–Crippen MR) is 64.1 cm³/mol. The Hall–Kier alpha value is -0.610. The van der Waals surface area contributed by atoms with Crippen molar-refractivity contribution in [3.63, 3.8) is 0 Å². The number of ether oxygens (including phenoxy) is 1. The minimum Gasteiger partial charge on any atom is -0.465 e. The second kappa shape index (κ2) is 6.21. The second-order valence-corrected chi connectivity index (χ2v) is 4.57. The Morgan fingerprint density at radius 1 is 1.38 bits per heavy atom. The van der Waals surface area contributed by atoms with Crippen LogP contribution >= 0.6 is 0 Å². The second-order valence-electron chi connectivity index (χ2n) is 4.57. The van der Waals surface area contributed by atoms with Crippen LogP contribution in [0, 0.1) is 0 Å². The third-order valence-electron chi connectivity index (χ3n) is 3.19. The van der Waals surface area contributed by atoms with Gasteiger partial charge in [-0.15, -0.1) is 0 Å². The van der Waals surface area contributed by atoms with Gasteiger partial charge in [0.1, 0.15) is 5.54 Å². The summed E-state index contributed by atoms with van der Waals surface area (Å²) in [5, 5.41) is 0. The van der Waals surface area contributed by atoms with E-state index in [0.29, 0.717) is 13.0 Å². The highest BCUT2D eigenvalue weighted by atomic mass is 16.5. The first-order chi connectivity index (χ1) is 7.62. The lowest BCUT2D eigenvalue weighted by Gasteiger charge is -2.25. The molecule has 0 aromatic carbocycles. The first kappa shape index (κ1) is 13.5. The SMILES string of the molecule is CCCN1CCCC(N)(C(=O)OCC)CC1. The van der Waals surface area contributed by atoms with Crippen molar-refractivity contribution in [3.8, 4) is 0 Å². The van der Waals surface area contributed by atoms with Crippen LogP contribution in [0.3, 0.4) is 0 Å². The Bertz CT molecular complexity index is 233. The molecule has 1 heterocycles. The summed E-state index contributed by atoms with van der Waals surface area (Å²) in [5.41, 5.74) is 5.39. The number of hydrogen-bond donors (Lipinski definition) is 1. The monoisotopic (exact) mass is 228 g/mol. The molecule has 1 saturated heterocycles. The highest BCUT2D eigenvalue weighted by Gasteiger charge is 2.36. The van der Waals surface area contributed by atoms with Crippen molar-refractivity contribution in [2.24, 2.45) is 5.73 Å². The van der Waals surface area contributed by atoms with E-state index in [4.69, 9.17) is 10.5 Å². The number of esters is 1. The Balaban J connectivity index is 2.53. The van der Waals surface area contributed by atoms with Crippen LogP contribution in [-0.4, -0.2) is 42.6 Å². The van der Waals surface area contributed by atoms with E-state index in [0.717, 1.165) is 38.9 Å². The van der Waals surface area contributed by atoms with Gasteiger partial charge in [0.2, 0.25) is 0 Å². The van der Waals surface area contributed by atoms with Crippen molar-refractivity contribution < 1.29 is 9.53 Å². The van der Waals surface area contributed by atoms with Gasteiger partial charge < -0.3 is 15.4 Å². The van der Waals surface area contributed by atoms with E-state index >= 15 is 0 Å². The van der Waals surface area contributed by atoms with Crippen molar-refractivity contribution in [1.29, 1.82) is 0 Å². The zero-order chi connectivity index (χ0) is 12.0. The molecule has 94 valence electrons. The molecule has 0 amide bonds. The summed E-state index contributed by atoms with van der Waals surface area (Å²) >= 11 is 0. The number of rotatable bonds is 4. The summed E-state index contributed by atoms with van der Waals surface area (Å²) in [6, 6.07) is 0. The minimum absolute atomic E-state index is 0.228. The van der Waals surface area contributed by atoms with Crippen LogP contribution in [0.25, 0.3) is 0 Å². The third-order valence-corrected chi connectivity index (χ3v) is 3.19. The van der Waals surface area contributed by atoms with E-state index < -0.39 is 5.54 Å². The topological polar surface area (TPSA) is 55.6 Å².